The highest BCUT2D eigenvalue weighted by Crippen LogP contribution is 2.47. The number of nitrogens with two attached hydrogens (primary N) is 1. The largest absolute Gasteiger partial charge is 0.399 e. The standard InChI is InChI=1S/C15H21N3O3/c16-12-3-1-11(2-4-12)14(21)17-9-13(20)18-10-15(5-6-15)7-8-19/h1-4,19H,5-10,16H2,(H,17,21)(H,18,20). The number of carbonyl (C=O) groups excluding carboxylic acids is 2. The summed E-state index contributed by atoms with van der Waals surface area (Å²) in [6.07, 6.45) is 2.78. The van der Waals surface area contributed by atoms with Crippen molar-refractivity contribution in [3.63, 3.8) is 0 Å². The van der Waals surface area contributed by atoms with Crippen LogP contribution < -0.4 is 16.4 Å². The molecule has 2 amide bonds. The van der Waals surface area contributed by atoms with E-state index in [1.807, 2.05) is 0 Å². The van der Waals surface area contributed by atoms with Crippen LogP contribution >= 0.6 is 0 Å². The molecule has 0 unspecified atom stereocenters. The molecule has 6 heteroatoms. The molecule has 1 aromatic rings. The molecule has 0 atom stereocenters. The molecule has 0 aromatic heterocycles. The van der Waals surface area contributed by atoms with Crippen LogP contribution in [0.15, 0.2) is 24.3 Å². The zero-order valence-corrected chi connectivity index (χ0v) is 11.9. The molecule has 0 radical (unpaired) electrons. The van der Waals surface area contributed by atoms with Crippen molar-refractivity contribution in [3.8, 4) is 0 Å². The SMILES string of the molecule is Nc1ccc(C(=O)NCC(=O)NCC2(CCO)CC2)cc1. The number of hydrogen-bond acceptors (Lipinski definition) is 4. The molecule has 0 aliphatic heterocycles. The summed E-state index contributed by atoms with van der Waals surface area (Å²) in [5.41, 5.74) is 6.68. The highest BCUT2D eigenvalue weighted by atomic mass is 16.3. The van der Waals surface area contributed by atoms with Crippen molar-refractivity contribution in [1.29, 1.82) is 0 Å². The van der Waals surface area contributed by atoms with Gasteiger partial charge in [0.25, 0.3) is 5.91 Å². The molecule has 6 nitrogen and oxygen atoms in total. The Morgan fingerprint density at radius 3 is 2.43 bits per heavy atom. The van der Waals surface area contributed by atoms with Crippen LogP contribution in [0, 0.1) is 5.41 Å². The molecule has 2 rings (SSSR count). The predicted molar refractivity (Wildman–Crippen MR) is 79.6 cm³/mol. The summed E-state index contributed by atoms with van der Waals surface area (Å²) in [6.45, 7) is 0.645. The summed E-state index contributed by atoms with van der Waals surface area (Å²) in [6, 6.07) is 6.51. The molecule has 114 valence electrons. The van der Waals surface area contributed by atoms with E-state index in [0.29, 0.717) is 24.2 Å². The summed E-state index contributed by atoms with van der Waals surface area (Å²) >= 11 is 0. The number of amides is 2. The van der Waals surface area contributed by atoms with Crippen LogP contribution in [0.5, 0.6) is 0 Å². The lowest BCUT2D eigenvalue weighted by Gasteiger charge is -2.14. The molecule has 5 N–H and O–H groups in total. The maximum Gasteiger partial charge on any atom is 0.251 e. The molecule has 0 spiro atoms. The number of aliphatic hydroxyl groups is 1. The summed E-state index contributed by atoms with van der Waals surface area (Å²) in [5, 5.41) is 14.3. The van der Waals surface area contributed by atoms with Gasteiger partial charge in [0.2, 0.25) is 5.91 Å². The van der Waals surface area contributed by atoms with Crippen LogP contribution in [0.3, 0.4) is 0 Å². The first-order valence-corrected chi connectivity index (χ1v) is 7.06. The van der Waals surface area contributed by atoms with Crippen molar-refractivity contribution in [2.24, 2.45) is 5.41 Å². The number of hydrogen-bond donors (Lipinski definition) is 4. The van der Waals surface area contributed by atoms with E-state index in [1.165, 1.54) is 0 Å². The predicted octanol–water partition coefficient (Wildman–Crippen LogP) is 0.277. The molecule has 0 saturated heterocycles. The van der Waals surface area contributed by atoms with Crippen molar-refractivity contribution in [3.05, 3.63) is 29.8 Å². The Morgan fingerprint density at radius 1 is 1.19 bits per heavy atom. The Kier molecular flexibility index (Phi) is 4.80. The van der Waals surface area contributed by atoms with Gasteiger partial charge < -0.3 is 21.5 Å². The van der Waals surface area contributed by atoms with Crippen LogP contribution in [0.2, 0.25) is 0 Å². The van der Waals surface area contributed by atoms with Gasteiger partial charge in [0.1, 0.15) is 0 Å². The minimum atomic E-state index is -0.304. The van der Waals surface area contributed by atoms with Crippen molar-refractivity contribution in [1.82, 2.24) is 10.6 Å². The molecular weight excluding hydrogens is 270 g/mol. The molecule has 1 aliphatic rings. The third-order valence-corrected chi connectivity index (χ3v) is 3.84. The van der Waals surface area contributed by atoms with E-state index in [4.69, 9.17) is 10.8 Å². The number of nitrogen functional groups attached to an aromatic ring is 1. The Bertz CT molecular complexity index is 509. The minimum Gasteiger partial charge on any atom is -0.399 e. The van der Waals surface area contributed by atoms with Gasteiger partial charge in [0.05, 0.1) is 6.54 Å². The van der Waals surface area contributed by atoms with E-state index >= 15 is 0 Å². The van der Waals surface area contributed by atoms with Gasteiger partial charge in [-0.2, -0.15) is 0 Å². The van der Waals surface area contributed by atoms with Crippen molar-refractivity contribution in [2.75, 3.05) is 25.4 Å². The summed E-state index contributed by atoms with van der Waals surface area (Å²) in [4.78, 5) is 23.5. The maximum absolute atomic E-state index is 11.8. The lowest BCUT2D eigenvalue weighted by molar-refractivity contribution is -0.120. The van der Waals surface area contributed by atoms with Gasteiger partial charge in [0.15, 0.2) is 0 Å². The first kappa shape index (κ1) is 15.3. The Hall–Kier alpha value is -2.08. The average Bonchev–Trinajstić information content (AvgIpc) is 3.24. The molecule has 1 saturated carbocycles. The normalized spacial score (nSPS) is 15.3. The van der Waals surface area contributed by atoms with Crippen LogP contribution in [0.25, 0.3) is 0 Å². The maximum atomic E-state index is 11.8. The van der Waals surface area contributed by atoms with Gasteiger partial charge in [0, 0.05) is 24.4 Å². The summed E-state index contributed by atoms with van der Waals surface area (Å²) in [5.74, 6) is -0.523. The smallest absolute Gasteiger partial charge is 0.251 e. The number of benzene rings is 1. The summed E-state index contributed by atoms with van der Waals surface area (Å²) in [7, 11) is 0. The number of nitrogens with one attached hydrogen (secondary N) is 2. The lowest BCUT2D eigenvalue weighted by atomic mass is 10.0. The molecule has 21 heavy (non-hydrogen) atoms. The number of carbonyl (C=O) groups is 2. The van der Waals surface area contributed by atoms with E-state index in [-0.39, 0.29) is 30.4 Å². The second-order valence-electron chi connectivity index (χ2n) is 5.56. The monoisotopic (exact) mass is 291 g/mol. The fraction of sp³-hybridized carbons (Fsp3) is 0.467. The molecule has 0 bridgehead atoms. The fourth-order valence-electron chi connectivity index (χ4n) is 2.17. The van der Waals surface area contributed by atoms with Crippen LogP contribution in [0.1, 0.15) is 29.6 Å². The van der Waals surface area contributed by atoms with Gasteiger partial charge in [-0.15, -0.1) is 0 Å². The third-order valence-electron chi connectivity index (χ3n) is 3.84. The lowest BCUT2D eigenvalue weighted by Crippen LogP contribution is -2.39. The third kappa shape index (κ3) is 4.46. The molecular formula is C15H21N3O3. The second-order valence-corrected chi connectivity index (χ2v) is 5.56. The topological polar surface area (TPSA) is 104 Å². The second kappa shape index (κ2) is 6.58. The highest BCUT2D eigenvalue weighted by molar-refractivity contribution is 5.96. The molecule has 0 heterocycles. The average molecular weight is 291 g/mol. The van der Waals surface area contributed by atoms with Crippen LogP contribution in [-0.2, 0) is 4.79 Å². The molecule has 1 aromatic carbocycles. The van der Waals surface area contributed by atoms with E-state index in [0.717, 1.165) is 12.8 Å². The Balaban J connectivity index is 1.71. The zero-order valence-electron chi connectivity index (χ0n) is 11.9. The van der Waals surface area contributed by atoms with Gasteiger partial charge >= 0.3 is 0 Å². The van der Waals surface area contributed by atoms with E-state index in [9.17, 15) is 9.59 Å². The van der Waals surface area contributed by atoms with E-state index < -0.39 is 0 Å². The first-order chi connectivity index (χ1) is 10.0. The van der Waals surface area contributed by atoms with Crippen LogP contribution in [0.4, 0.5) is 5.69 Å². The number of aliphatic hydroxyl groups excluding tert-OH is 1. The van der Waals surface area contributed by atoms with E-state index in [1.54, 1.807) is 24.3 Å². The van der Waals surface area contributed by atoms with Crippen LogP contribution in [-0.4, -0.2) is 36.6 Å². The molecule has 1 aliphatic carbocycles. The summed E-state index contributed by atoms with van der Waals surface area (Å²) < 4.78 is 0. The van der Waals surface area contributed by atoms with Gasteiger partial charge in [-0.25, -0.2) is 0 Å². The van der Waals surface area contributed by atoms with Gasteiger partial charge in [-0.05, 0) is 48.9 Å². The highest BCUT2D eigenvalue weighted by Gasteiger charge is 2.41. The number of rotatable bonds is 7. The minimum absolute atomic E-state index is 0.0571. The quantitative estimate of drug-likeness (QED) is 0.541. The van der Waals surface area contributed by atoms with E-state index in [2.05, 4.69) is 10.6 Å². The van der Waals surface area contributed by atoms with Crippen molar-refractivity contribution in [2.45, 2.75) is 19.3 Å². The Morgan fingerprint density at radius 2 is 1.86 bits per heavy atom. The molecule has 1 fully saturated rings. The van der Waals surface area contributed by atoms with Crippen molar-refractivity contribution >= 4 is 17.5 Å². The van der Waals surface area contributed by atoms with Crippen molar-refractivity contribution < 1.29 is 14.7 Å². The first-order valence-electron chi connectivity index (χ1n) is 7.06. The fourth-order valence-corrected chi connectivity index (χ4v) is 2.17. The van der Waals surface area contributed by atoms with Gasteiger partial charge in [-0.1, -0.05) is 0 Å². The zero-order chi connectivity index (χ0) is 15.3. The number of anilines is 1. The van der Waals surface area contributed by atoms with Gasteiger partial charge in [-0.3, -0.25) is 9.59 Å². The Labute approximate surface area is 123 Å².